The minimum atomic E-state index is 0. The number of hydrogen-bond donors (Lipinski definition) is 0. The number of halogens is 1. The minimum absolute atomic E-state index is 0. The van der Waals surface area contributed by atoms with Gasteiger partial charge in [-0.05, 0) is 30.9 Å². The van der Waals surface area contributed by atoms with E-state index in [0.717, 1.165) is 18.7 Å². The first-order valence-electron chi connectivity index (χ1n) is 8.03. The number of benzene rings is 2. The van der Waals surface area contributed by atoms with E-state index in [9.17, 15) is 0 Å². The molecule has 2 heterocycles. The number of imidazole rings is 1. The maximum atomic E-state index is 4.80. The van der Waals surface area contributed by atoms with Gasteiger partial charge in [-0.15, -0.1) is 12.4 Å². The van der Waals surface area contributed by atoms with Gasteiger partial charge in [0, 0.05) is 24.7 Å². The van der Waals surface area contributed by atoms with Crippen LogP contribution in [0.15, 0.2) is 54.7 Å². The average molecular weight is 325 g/mol. The van der Waals surface area contributed by atoms with E-state index in [4.69, 9.17) is 4.98 Å². The molecule has 0 saturated heterocycles. The monoisotopic (exact) mass is 324 g/mol. The van der Waals surface area contributed by atoms with Crippen molar-refractivity contribution in [3.05, 3.63) is 66.1 Å². The molecule has 3 heteroatoms. The van der Waals surface area contributed by atoms with Crippen LogP contribution in [0, 0.1) is 6.92 Å². The van der Waals surface area contributed by atoms with Gasteiger partial charge in [0.1, 0.15) is 5.82 Å². The highest BCUT2D eigenvalue weighted by Gasteiger charge is 2.13. The largest absolute Gasteiger partial charge is 0.334 e. The van der Waals surface area contributed by atoms with E-state index in [1.54, 1.807) is 0 Å². The summed E-state index contributed by atoms with van der Waals surface area (Å²) in [6.07, 6.45) is 5.86. The fraction of sp³-hybridized carbons (Fsp3) is 0.250. The summed E-state index contributed by atoms with van der Waals surface area (Å²) in [5, 5.41) is 0. The van der Waals surface area contributed by atoms with Crippen LogP contribution in [0.2, 0.25) is 0 Å². The van der Waals surface area contributed by atoms with Crippen molar-refractivity contribution < 1.29 is 0 Å². The number of aromatic nitrogens is 2. The summed E-state index contributed by atoms with van der Waals surface area (Å²) >= 11 is 0. The Kier molecular flexibility index (Phi) is 4.53. The molecule has 3 aromatic rings. The molecule has 2 nitrogen and oxygen atoms in total. The van der Waals surface area contributed by atoms with Crippen molar-refractivity contribution in [2.75, 3.05) is 0 Å². The third-order valence-electron chi connectivity index (χ3n) is 4.47. The Hall–Kier alpha value is -2.06. The second-order valence-corrected chi connectivity index (χ2v) is 6.14. The third kappa shape index (κ3) is 3.18. The highest BCUT2D eigenvalue weighted by atomic mass is 35.5. The van der Waals surface area contributed by atoms with Crippen LogP contribution in [-0.4, -0.2) is 9.55 Å². The first-order valence-corrected chi connectivity index (χ1v) is 8.03. The fourth-order valence-corrected chi connectivity index (χ4v) is 3.13. The van der Waals surface area contributed by atoms with Gasteiger partial charge >= 0.3 is 0 Å². The summed E-state index contributed by atoms with van der Waals surface area (Å²) in [5.41, 5.74) is 6.13. The molecule has 0 unspecified atom stereocenters. The molecule has 1 aromatic heterocycles. The number of hydrogen-bond acceptors (Lipinski definition) is 1. The van der Waals surface area contributed by atoms with Crippen LogP contribution in [-0.2, 0) is 13.0 Å². The lowest BCUT2D eigenvalue weighted by Gasteiger charge is -2.11. The van der Waals surface area contributed by atoms with Gasteiger partial charge in [-0.25, -0.2) is 4.98 Å². The number of fused-ring (bicyclic) bond motifs is 1. The molecule has 0 bridgehead atoms. The van der Waals surface area contributed by atoms with E-state index in [1.165, 1.54) is 40.9 Å². The van der Waals surface area contributed by atoms with E-state index >= 15 is 0 Å². The van der Waals surface area contributed by atoms with Crippen molar-refractivity contribution in [3.8, 4) is 22.4 Å². The summed E-state index contributed by atoms with van der Waals surface area (Å²) < 4.78 is 2.31. The van der Waals surface area contributed by atoms with Crippen molar-refractivity contribution in [3.63, 3.8) is 0 Å². The predicted octanol–water partition coefficient (Wildman–Crippen LogP) is 5.28. The topological polar surface area (TPSA) is 17.8 Å². The van der Waals surface area contributed by atoms with Gasteiger partial charge in [-0.1, -0.05) is 54.1 Å². The number of nitrogens with zero attached hydrogens (tertiary/aromatic N) is 2. The minimum Gasteiger partial charge on any atom is -0.334 e. The molecular formula is C20H21ClN2. The zero-order valence-corrected chi connectivity index (χ0v) is 14.1. The lowest BCUT2D eigenvalue weighted by molar-refractivity contribution is 0.522. The van der Waals surface area contributed by atoms with E-state index in [-0.39, 0.29) is 12.4 Å². The van der Waals surface area contributed by atoms with E-state index in [2.05, 4.69) is 66.2 Å². The Labute approximate surface area is 143 Å². The molecular weight excluding hydrogens is 304 g/mol. The molecule has 23 heavy (non-hydrogen) atoms. The molecule has 1 aliphatic rings. The molecule has 0 radical (unpaired) electrons. The lowest BCUT2D eigenvalue weighted by atomic mass is 10.0. The van der Waals surface area contributed by atoms with Crippen LogP contribution >= 0.6 is 12.4 Å². The first kappa shape index (κ1) is 15.8. The molecule has 0 spiro atoms. The van der Waals surface area contributed by atoms with Gasteiger partial charge in [0.25, 0.3) is 0 Å². The highest BCUT2D eigenvalue weighted by Crippen LogP contribution is 2.26. The standard InChI is InChI=1S/C20H20N2.ClH/c1-15-5-7-16(8-6-15)17-9-11-18(12-10-17)19-14-22-13-3-2-4-20(22)21-19;/h5-12,14H,2-4,13H2,1H3;1H. The number of aryl methyl sites for hydroxylation is 3. The van der Waals surface area contributed by atoms with Crippen molar-refractivity contribution in [1.29, 1.82) is 0 Å². The van der Waals surface area contributed by atoms with Crippen molar-refractivity contribution >= 4 is 12.4 Å². The fourth-order valence-electron chi connectivity index (χ4n) is 3.13. The van der Waals surface area contributed by atoms with Crippen LogP contribution in [0.25, 0.3) is 22.4 Å². The van der Waals surface area contributed by atoms with E-state index in [1.807, 2.05) is 0 Å². The van der Waals surface area contributed by atoms with Crippen molar-refractivity contribution in [2.24, 2.45) is 0 Å². The smallest absolute Gasteiger partial charge is 0.109 e. The Morgan fingerprint density at radius 3 is 2.09 bits per heavy atom. The number of rotatable bonds is 2. The zero-order valence-electron chi connectivity index (χ0n) is 13.3. The summed E-state index contributed by atoms with van der Waals surface area (Å²) in [6.45, 7) is 3.23. The normalized spacial score (nSPS) is 13.3. The van der Waals surface area contributed by atoms with Gasteiger partial charge < -0.3 is 4.57 Å². The van der Waals surface area contributed by atoms with Gasteiger partial charge in [0.05, 0.1) is 5.69 Å². The van der Waals surface area contributed by atoms with Gasteiger partial charge in [0.2, 0.25) is 0 Å². The SMILES string of the molecule is Cc1ccc(-c2ccc(-c3cn4c(n3)CCCC4)cc2)cc1.Cl. The molecule has 0 saturated carbocycles. The summed E-state index contributed by atoms with van der Waals surface area (Å²) in [4.78, 5) is 4.80. The second-order valence-electron chi connectivity index (χ2n) is 6.14. The van der Waals surface area contributed by atoms with Crippen LogP contribution in [0.4, 0.5) is 0 Å². The maximum absolute atomic E-state index is 4.80. The van der Waals surface area contributed by atoms with E-state index < -0.39 is 0 Å². The van der Waals surface area contributed by atoms with Crippen LogP contribution < -0.4 is 0 Å². The molecule has 4 rings (SSSR count). The molecule has 0 aliphatic carbocycles. The Balaban J connectivity index is 0.00000156. The van der Waals surface area contributed by atoms with Gasteiger partial charge in [0.15, 0.2) is 0 Å². The Bertz CT molecular complexity index is 762. The van der Waals surface area contributed by atoms with Crippen LogP contribution in [0.5, 0.6) is 0 Å². The molecule has 2 aromatic carbocycles. The molecule has 0 amide bonds. The molecule has 1 aliphatic heterocycles. The van der Waals surface area contributed by atoms with E-state index in [0.29, 0.717) is 0 Å². The molecule has 0 N–H and O–H groups in total. The predicted molar refractivity (Wildman–Crippen MR) is 98.0 cm³/mol. The summed E-state index contributed by atoms with van der Waals surface area (Å²) in [5.74, 6) is 1.24. The Morgan fingerprint density at radius 2 is 1.43 bits per heavy atom. The second kappa shape index (κ2) is 6.59. The van der Waals surface area contributed by atoms with Crippen molar-refractivity contribution in [1.82, 2.24) is 9.55 Å². The molecule has 0 fully saturated rings. The van der Waals surface area contributed by atoms with Gasteiger partial charge in [-0.3, -0.25) is 0 Å². The third-order valence-corrected chi connectivity index (χ3v) is 4.47. The van der Waals surface area contributed by atoms with Gasteiger partial charge in [-0.2, -0.15) is 0 Å². The van der Waals surface area contributed by atoms with Crippen LogP contribution in [0.1, 0.15) is 24.2 Å². The molecule has 0 atom stereocenters. The lowest BCUT2D eigenvalue weighted by Crippen LogP contribution is -2.08. The quantitative estimate of drug-likeness (QED) is 0.626. The summed E-state index contributed by atoms with van der Waals surface area (Å²) in [7, 11) is 0. The first-order chi connectivity index (χ1) is 10.8. The zero-order chi connectivity index (χ0) is 14.9. The van der Waals surface area contributed by atoms with Crippen molar-refractivity contribution in [2.45, 2.75) is 32.7 Å². The maximum Gasteiger partial charge on any atom is 0.109 e. The Morgan fingerprint density at radius 1 is 0.826 bits per heavy atom. The van der Waals surface area contributed by atoms with Crippen LogP contribution in [0.3, 0.4) is 0 Å². The molecule has 118 valence electrons. The highest BCUT2D eigenvalue weighted by molar-refractivity contribution is 5.85. The summed E-state index contributed by atoms with van der Waals surface area (Å²) in [6, 6.07) is 17.4. The average Bonchev–Trinajstić information content (AvgIpc) is 3.00.